The van der Waals surface area contributed by atoms with Crippen molar-refractivity contribution in [1.29, 1.82) is 0 Å². The van der Waals surface area contributed by atoms with E-state index in [-0.39, 0.29) is 6.04 Å². The summed E-state index contributed by atoms with van der Waals surface area (Å²) >= 11 is 0. The Kier molecular flexibility index (Phi) is 3.38. The molecule has 0 saturated carbocycles. The second-order valence-electron chi connectivity index (χ2n) is 6.10. The zero-order valence-corrected chi connectivity index (χ0v) is 14.0. The maximum absolute atomic E-state index is 5.77. The lowest BCUT2D eigenvalue weighted by Crippen LogP contribution is -2.57. The number of nitrogens with zero attached hydrogens (tertiary/aromatic N) is 4. The molecule has 0 N–H and O–H groups in total. The molecule has 5 rings (SSSR count). The highest BCUT2D eigenvalue weighted by Gasteiger charge is 2.52. The number of hydrogen-bond donors (Lipinski definition) is 0. The standard InChI is InChI=1S/C19H16N4O3/c1-24-17-19-23(16(22-26-19)13-10-6-3-7-11-13)18-15(20-17)14(21-25-18)12-8-4-2-5-9-12/h2-11,15,18-19H,1H3/t15?,18?,19-/m0/s1. The Morgan fingerprint density at radius 1 is 0.885 bits per heavy atom. The molecule has 0 fully saturated rings. The predicted molar refractivity (Wildman–Crippen MR) is 95.8 cm³/mol. The SMILES string of the molecule is COC1=NC2C(c3ccccc3)=NOC2N2C(c3ccccc3)=NO[C@@H]12. The number of rotatable bonds is 2. The molecule has 2 unspecified atom stereocenters. The third kappa shape index (κ3) is 2.17. The number of oxime groups is 2. The highest BCUT2D eigenvalue weighted by Crippen LogP contribution is 2.33. The van der Waals surface area contributed by atoms with Gasteiger partial charge in [0.25, 0.3) is 12.1 Å². The summed E-state index contributed by atoms with van der Waals surface area (Å²) in [6.45, 7) is 0. The van der Waals surface area contributed by atoms with Gasteiger partial charge in [0.15, 0.2) is 11.9 Å². The van der Waals surface area contributed by atoms with Crippen molar-refractivity contribution < 1.29 is 14.4 Å². The first kappa shape index (κ1) is 14.9. The Bertz CT molecular complexity index is 911. The first-order valence-electron chi connectivity index (χ1n) is 8.35. The number of ether oxygens (including phenoxy) is 1. The number of aliphatic imine (C=N–C) groups is 1. The van der Waals surface area contributed by atoms with Crippen molar-refractivity contribution in [3.63, 3.8) is 0 Å². The van der Waals surface area contributed by atoms with Gasteiger partial charge in [-0.1, -0.05) is 71.0 Å². The van der Waals surface area contributed by atoms with Crippen LogP contribution >= 0.6 is 0 Å². The van der Waals surface area contributed by atoms with Crippen molar-refractivity contribution in [3.8, 4) is 0 Å². The highest BCUT2D eigenvalue weighted by molar-refractivity contribution is 6.09. The van der Waals surface area contributed by atoms with Gasteiger partial charge in [-0.2, -0.15) is 0 Å². The number of benzene rings is 2. The Hall–Kier alpha value is -3.35. The van der Waals surface area contributed by atoms with Gasteiger partial charge in [-0.05, 0) is 0 Å². The van der Waals surface area contributed by atoms with Gasteiger partial charge >= 0.3 is 0 Å². The molecule has 26 heavy (non-hydrogen) atoms. The fourth-order valence-corrected chi connectivity index (χ4v) is 3.39. The summed E-state index contributed by atoms with van der Waals surface area (Å²) in [6, 6.07) is 19.4. The average molecular weight is 348 g/mol. The number of hydrogen-bond acceptors (Lipinski definition) is 7. The van der Waals surface area contributed by atoms with Crippen LogP contribution in [-0.4, -0.2) is 48.0 Å². The van der Waals surface area contributed by atoms with Crippen LogP contribution < -0.4 is 0 Å². The minimum Gasteiger partial charge on any atom is -0.480 e. The van der Waals surface area contributed by atoms with Crippen molar-refractivity contribution in [2.75, 3.05) is 7.11 Å². The monoisotopic (exact) mass is 348 g/mol. The summed E-state index contributed by atoms with van der Waals surface area (Å²) in [4.78, 5) is 18.0. The van der Waals surface area contributed by atoms with Crippen LogP contribution in [-0.2, 0) is 14.4 Å². The van der Waals surface area contributed by atoms with Crippen molar-refractivity contribution >= 4 is 17.4 Å². The number of methoxy groups -OCH3 is 1. The molecule has 0 amide bonds. The molecule has 0 bridgehead atoms. The van der Waals surface area contributed by atoms with Crippen LogP contribution in [0.25, 0.3) is 0 Å². The zero-order chi connectivity index (χ0) is 17.5. The molecule has 0 spiro atoms. The first-order chi connectivity index (χ1) is 12.9. The molecule has 0 aromatic heterocycles. The first-order valence-corrected chi connectivity index (χ1v) is 8.35. The smallest absolute Gasteiger partial charge is 0.280 e. The van der Waals surface area contributed by atoms with Crippen LogP contribution in [0.5, 0.6) is 0 Å². The van der Waals surface area contributed by atoms with E-state index in [0.29, 0.717) is 11.7 Å². The van der Waals surface area contributed by atoms with Crippen LogP contribution in [0.15, 0.2) is 76.0 Å². The van der Waals surface area contributed by atoms with Gasteiger partial charge < -0.3 is 14.4 Å². The van der Waals surface area contributed by atoms with Gasteiger partial charge in [0, 0.05) is 11.1 Å². The zero-order valence-electron chi connectivity index (χ0n) is 14.0. The van der Waals surface area contributed by atoms with Gasteiger partial charge in [0.05, 0.1) is 7.11 Å². The van der Waals surface area contributed by atoms with Gasteiger partial charge in [-0.3, -0.25) is 4.90 Å². The summed E-state index contributed by atoms with van der Waals surface area (Å²) in [5, 5.41) is 8.57. The molecule has 0 aliphatic carbocycles. The molecular weight excluding hydrogens is 332 g/mol. The number of fused-ring (bicyclic) bond motifs is 3. The molecule has 0 radical (unpaired) electrons. The molecule has 2 aromatic carbocycles. The molecule has 0 saturated heterocycles. The minimum absolute atomic E-state index is 0.320. The normalized spacial score (nSPS) is 26.0. The summed E-state index contributed by atoms with van der Waals surface area (Å²) < 4.78 is 5.48. The van der Waals surface area contributed by atoms with Crippen LogP contribution in [0.4, 0.5) is 0 Å². The second kappa shape index (κ2) is 5.87. The lowest BCUT2D eigenvalue weighted by molar-refractivity contribution is -0.0745. The molecule has 7 nitrogen and oxygen atoms in total. The topological polar surface area (TPSA) is 68.0 Å². The molecule has 3 heterocycles. The molecular formula is C19H16N4O3. The predicted octanol–water partition coefficient (Wildman–Crippen LogP) is 2.19. The third-order valence-corrected chi connectivity index (χ3v) is 4.61. The van der Waals surface area contributed by atoms with E-state index in [2.05, 4.69) is 15.3 Å². The highest BCUT2D eigenvalue weighted by atomic mass is 16.7. The van der Waals surface area contributed by atoms with Crippen LogP contribution in [0, 0.1) is 0 Å². The molecule has 2 aromatic rings. The lowest BCUT2D eigenvalue weighted by Gasteiger charge is -2.35. The Morgan fingerprint density at radius 3 is 2.27 bits per heavy atom. The summed E-state index contributed by atoms with van der Waals surface area (Å²) in [6.07, 6.45) is -0.989. The van der Waals surface area contributed by atoms with Crippen LogP contribution in [0.1, 0.15) is 11.1 Å². The van der Waals surface area contributed by atoms with Gasteiger partial charge in [-0.15, -0.1) is 0 Å². The summed E-state index contributed by atoms with van der Waals surface area (Å²) in [7, 11) is 1.58. The van der Waals surface area contributed by atoms with E-state index in [4.69, 9.17) is 14.4 Å². The van der Waals surface area contributed by atoms with E-state index in [1.165, 1.54) is 0 Å². The lowest BCUT2D eigenvalue weighted by atomic mass is 10.0. The fourth-order valence-electron chi connectivity index (χ4n) is 3.39. The van der Waals surface area contributed by atoms with Gasteiger partial charge in [0.2, 0.25) is 6.23 Å². The van der Waals surface area contributed by atoms with E-state index in [1.807, 2.05) is 65.6 Å². The van der Waals surface area contributed by atoms with E-state index in [0.717, 1.165) is 16.8 Å². The minimum atomic E-state index is -0.554. The maximum Gasteiger partial charge on any atom is 0.280 e. The van der Waals surface area contributed by atoms with E-state index in [1.54, 1.807) is 7.11 Å². The molecule has 3 aliphatic rings. The van der Waals surface area contributed by atoms with Crippen molar-refractivity contribution in [2.24, 2.45) is 15.3 Å². The third-order valence-electron chi connectivity index (χ3n) is 4.61. The van der Waals surface area contributed by atoms with E-state index in [9.17, 15) is 0 Å². The molecule has 7 heteroatoms. The van der Waals surface area contributed by atoms with Gasteiger partial charge in [0.1, 0.15) is 5.71 Å². The summed E-state index contributed by atoms with van der Waals surface area (Å²) in [5.74, 6) is 1.13. The Balaban J connectivity index is 1.55. The Labute approximate surface area is 150 Å². The molecule has 3 aliphatic heterocycles. The quantitative estimate of drug-likeness (QED) is 0.834. The van der Waals surface area contributed by atoms with Gasteiger partial charge in [-0.25, -0.2) is 4.99 Å². The Morgan fingerprint density at radius 2 is 1.58 bits per heavy atom. The summed E-state index contributed by atoms with van der Waals surface area (Å²) in [5.41, 5.74) is 2.67. The second-order valence-corrected chi connectivity index (χ2v) is 6.10. The molecule has 130 valence electrons. The fraction of sp³-hybridized carbons (Fsp3) is 0.211. The number of amidine groups is 1. The van der Waals surface area contributed by atoms with Crippen LogP contribution in [0.3, 0.4) is 0 Å². The molecule has 3 atom stereocenters. The van der Waals surface area contributed by atoms with E-state index >= 15 is 0 Å². The van der Waals surface area contributed by atoms with E-state index < -0.39 is 12.5 Å². The van der Waals surface area contributed by atoms with Crippen molar-refractivity contribution in [3.05, 3.63) is 71.8 Å². The van der Waals surface area contributed by atoms with Crippen molar-refractivity contribution in [1.82, 2.24) is 4.90 Å². The van der Waals surface area contributed by atoms with Crippen molar-refractivity contribution in [2.45, 2.75) is 18.5 Å². The average Bonchev–Trinajstić information content (AvgIpc) is 3.33. The maximum atomic E-state index is 5.77. The van der Waals surface area contributed by atoms with Crippen LogP contribution in [0.2, 0.25) is 0 Å². The largest absolute Gasteiger partial charge is 0.480 e.